The third-order valence-corrected chi connectivity index (χ3v) is 4.00. The molecule has 130 valence electrons. The van der Waals surface area contributed by atoms with E-state index >= 15 is 0 Å². The summed E-state index contributed by atoms with van der Waals surface area (Å²) in [5.41, 5.74) is 0. The summed E-state index contributed by atoms with van der Waals surface area (Å²) in [5.74, 6) is -0.770. The van der Waals surface area contributed by atoms with Crippen molar-refractivity contribution >= 4 is 11.9 Å². The van der Waals surface area contributed by atoms with Crippen molar-refractivity contribution in [2.45, 2.75) is 96.3 Å². The Hall–Kier alpha value is -1.06. The molecular formula is C18H34O4. The zero-order valence-corrected chi connectivity index (χ0v) is 14.3. The lowest BCUT2D eigenvalue weighted by atomic mass is 10.0. The van der Waals surface area contributed by atoms with E-state index in [9.17, 15) is 9.59 Å². The SMILES string of the molecule is COC(=O)CCCCCCCCCCCCCCCC(=O)O. The fourth-order valence-corrected chi connectivity index (χ4v) is 2.59. The van der Waals surface area contributed by atoms with Crippen LogP contribution in [-0.4, -0.2) is 24.2 Å². The van der Waals surface area contributed by atoms with Crippen LogP contribution in [0.25, 0.3) is 0 Å². The van der Waals surface area contributed by atoms with E-state index in [0.717, 1.165) is 25.7 Å². The maximum atomic E-state index is 10.9. The third-order valence-electron chi connectivity index (χ3n) is 4.00. The molecule has 22 heavy (non-hydrogen) atoms. The molecule has 0 unspecified atom stereocenters. The number of esters is 1. The largest absolute Gasteiger partial charge is 0.481 e. The summed E-state index contributed by atoms with van der Waals surface area (Å²) in [5, 5.41) is 8.52. The molecule has 0 aliphatic carbocycles. The average Bonchev–Trinajstić information content (AvgIpc) is 2.50. The first-order chi connectivity index (χ1) is 10.7. The van der Waals surface area contributed by atoms with Gasteiger partial charge in [0.2, 0.25) is 0 Å². The van der Waals surface area contributed by atoms with Crippen LogP contribution >= 0.6 is 0 Å². The van der Waals surface area contributed by atoms with Crippen molar-refractivity contribution in [2.75, 3.05) is 7.11 Å². The topological polar surface area (TPSA) is 63.6 Å². The van der Waals surface area contributed by atoms with Crippen LogP contribution in [0.4, 0.5) is 0 Å². The molecule has 0 heterocycles. The summed E-state index contributed by atoms with van der Waals surface area (Å²) in [6.45, 7) is 0. The minimum Gasteiger partial charge on any atom is -0.481 e. The van der Waals surface area contributed by atoms with Crippen molar-refractivity contribution in [3.8, 4) is 0 Å². The predicted octanol–water partition coefficient (Wildman–Crippen LogP) is 5.10. The van der Waals surface area contributed by atoms with Crippen LogP contribution in [0.15, 0.2) is 0 Å². The van der Waals surface area contributed by atoms with Gasteiger partial charge < -0.3 is 9.84 Å². The van der Waals surface area contributed by atoms with Gasteiger partial charge in [0, 0.05) is 12.8 Å². The number of carbonyl (C=O) groups is 2. The Kier molecular flexibility index (Phi) is 15.5. The van der Waals surface area contributed by atoms with Crippen LogP contribution in [0.3, 0.4) is 0 Å². The summed E-state index contributed by atoms with van der Waals surface area (Å²) < 4.78 is 4.61. The molecule has 0 saturated carbocycles. The second-order valence-electron chi connectivity index (χ2n) is 6.07. The summed E-state index contributed by atoms with van der Waals surface area (Å²) in [6.07, 6.45) is 16.3. The second kappa shape index (κ2) is 16.3. The van der Waals surface area contributed by atoms with Crippen molar-refractivity contribution in [3.05, 3.63) is 0 Å². The van der Waals surface area contributed by atoms with E-state index in [2.05, 4.69) is 4.74 Å². The van der Waals surface area contributed by atoms with Crippen LogP contribution in [0.5, 0.6) is 0 Å². The maximum Gasteiger partial charge on any atom is 0.305 e. The number of hydrogen-bond acceptors (Lipinski definition) is 3. The molecule has 0 aliphatic heterocycles. The zero-order valence-electron chi connectivity index (χ0n) is 14.3. The summed E-state index contributed by atoms with van der Waals surface area (Å²) in [4.78, 5) is 21.3. The fourth-order valence-electron chi connectivity index (χ4n) is 2.59. The van der Waals surface area contributed by atoms with Gasteiger partial charge in [0.1, 0.15) is 0 Å². The molecule has 0 aliphatic rings. The molecule has 0 atom stereocenters. The minimum atomic E-state index is -0.676. The molecule has 0 bridgehead atoms. The van der Waals surface area contributed by atoms with E-state index < -0.39 is 5.97 Å². The number of methoxy groups -OCH3 is 1. The summed E-state index contributed by atoms with van der Waals surface area (Å²) in [7, 11) is 1.44. The summed E-state index contributed by atoms with van der Waals surface area (Å²) in [6, 6.07) is 0. The van der Waals surface area contributed by atoms with Crippen LogP contribution in [0.1, 0.15) is 96.3 Å². The predicted molar refractivity (Wildman–Crippen MR) is 88.9 cm³/mol. The van der Waals surface area contributed by atoms with Gasteiger partial charge in [0.25, 0.3) is 0 Å². The van der Waals surface area contributed by atoms with E-state index in [1.54, 1.807) is 0 Å². The van der Waals surface area contributed by atoms with Crippen molar-refractivity contribution < 1.29 is 19.4 Å². The Labute approximate surface area is 135 Å². The van der Waals surface area contributed by atoms with Crippen LogP contribution in [-0.2, 0) is 14.3 Å². The Morgan fingerprint density at radius 2 is 0.955 bits per heavy atom. The standard InChI is InChI=1S/C18H34O4/c1-22-18(21)16-14-12-10-8-6-4-2-3-5-7-9-11-13-15-17(19)20/h2-16H2,1H3,(H,19,20). The Bertz CT molecular complexity index is 276. The molecule has 0 aromatic carbocycles. The molecule has 0 spiro atoms. The van der Waals surface area contributed by atoms with E-state index in [1.807, 2.05) is 0 Å². The van der Waals surface area contributed by atoms with E-state index in [1.165, 1.54) is 64.9 Å². The molecule has 0 fully saturated rings. The van der Waals surface area contributed by atoms with Gasteiger partial charge in [-0.1, -0.05) is 70.6 Å². The van der Waals surface area contributed by atoms with Gasteiger partial charge in [-0.3, -0.25) is 9.59 Å². The molecule has 0 radical (unpaired) electrons. The van der Waals surface area contributed by atoms with Crippen LogP contribution < -0.4 is 0 Å². The first-order valence-corrected chi connectivity index (χ1v) is 8.95. The fraction of sp³-hybridized carbons (Fsp3) is 0.889. The van der Waals surface area contributed by atoms with Gasteiger partial charge in [-0.25, -0.2) is 0 Å². The lowest BCUT2D eigenvalue weighted by Crippen LogP contribution is -1.99. The molecule has 0 amide bonds. The molecule has 1 N–H and O–H groups in total. The number of aliphatic carboxylic acids is 1. The monoisotopic (exact) mass is 314 g/mol. The maximum absolute atomic E-state index is 10.9. The summed E-state index contributed by atoms with van der Waals surface area (Å²) >= 11 is 0. The number of rotatable bonds is 16. The van der Waals surface area contributed by atoms with Crippen LogP contribution in [0.2, 0.25) is 0 Å². The van der Waals surface area contributed by atoms with E-state index in [-0.39, 0.29) is 5.97 Å². The Balaban J connectivity index is 3.02. The van der Waals surface area contributed by atoms with Gasteiger partial charge in [-0.15, -0.1) is 0 Å². The number of carbonyl (C=O) groups excluding carboxylic acids is 1. The number of ether oxygens (including phenoxy) is 1. The number of carboxylic acid groups (broad SMARTS) is 1. The molecule has 0 aromatic rings. The molecule has 0 rings (SSSR count). The molecule has 0 saturated heterocycles. The zero-order chi connectivity index (χ0) is 16.5. The van der Waals surface area contributed by atoms with Crippen molar-refractivity contribution in [1.29, 1.82) is 0 Å². The smallest absolute Gasteiger partial charge is 0.305 e. The third kappa shape index (κ3) is 17.0. The minimum absolute atomic E-state index is 0.0945. The quantitative estimate of drug-likeness (QED) is 0.318. The van der Waals surface area contributed by atoms with Crippen molar-refractivity contribution in [1.82, 2.24) is 0 Å². The molecular weight excluding hydrogens is 280 g/mol. The van der Waals surface area contributed by atoms with Gasteiger partial charge in [0.05, 0.1) is 7.11 Å². The van der Waals surface area contributed by atoms with Gasteiger partial charge in [-0.2, -0.15) is 0 Å². The van der Waals surface area contributed by atoms with E-state index in [4.69, 9.17) is 5.11 Å². The second-order valence-corrected chi connectivity index (χ2v) is 6.07. The molecule has 4 nitrogen and oxygen atoms in total. The lowest BCUT2D eigenvalue weighted by molar-refractivity contribution is -0.141. The van der Waals surface area contributed by atoms with E-state index in [0.29, 0.717) is 12.8 Å². The highest BCUT2D eigenvalue weighted by Crippen LogP contribution is 2.13. The van der Waals surface area contributed by atoms with Crippen LogP contribution in [0, 0.1) is 0 Å². The Morgan fingerprint density at radius 3 is 1.27 bits per heavy atom. The number of unbranched alkanes of at least 4 members (excludes halogenated alkanes) is 12. The highest BCUT2D eigenvalue weighted by molar-refractivity contribution is 5.68. The average molecular weight is 314 g/mol. The highest BCUT2D eigenvalue weighted by Gasteiger charge is 1.99. The normalized spacial score (nSPS) is 10.6. The number of hydrogen-bond donors (Lipinski definition) is 1. The van der Waals surface area contributed by atoms with Crippen molar-refractivity contribution in [2.24, 2.45) is 0 Å². The Morgan fingerprint density at radius 1 is 0.636 bits per heavy atom. The van der Waals surface area contributed by atoms with Gasteiger partial charge in [0.15, 0.2) is 0 Å². The number of carboxylic acids is 1. The molecule has 4 heteroatoms. The molecule has 0 aromatic heterocycles. The van der Waals surface area contributed by atoms with Crippen molar-refractivity contribution in [3.63, 3.8) is 0 Å². The lowest BCUT2D eigenvalue weighted by Gasteiger charge is -2.03. The first-order valence-electron chi connectivity index (χ1n) is 8.95. The van der Waals surface area contributed by atoms with Gasteiger partial charge in [-0.05, 0) is 12.8 Å². The van der Waals surface area contributed by atoms with Gasteiger partial charge >= 0.3 is 11.9 Å². The first kappa shape index (κ1) is 20.9. The highest BCUT2D eigenvalue weighted by atomic mass is 16.5.